The lowest BCUT2D eigenvalue weighted by Crippen LogP contribution is -2.29. The van der Waals surface area contributed by atoms with Gasteiger partial charge < -0.3 is 19.7 Å². The van der Waals surface area contributed by atoms with E-state index in [9.17, 15) is 0 Å². The van der Waals surface area contributed by atoms with Crippen molar-refractivity contribution < 1.29 is 0 Å². The van der Waals surface area contributed by atoms with Crippen LogP contribution in [0.15, 0.2) is 79.0 Å². The summed E-state index contributed by atoms with van der Waals surface area (Å²) in [5.41, 5.74) is 9.38. The lowest BCUT2D eigenvalue weighted by atomic mass is 9.96. The molecule has 0 aliphatic carbocycles. The molecule has 0 amide bonds. The molecule has 0 spiro atoms. The van der Waals surface area contributed by atoms with Crippen molar-refractivity contribution >= 4 is 28.7 Å². The van der Waals surface area contributed by atoms with Crippen LogP contribution in [-0.2, 0) is 6.42 Å². The summed E-state index contributed by atoms with van der Waals surface area (Å²) in [6.45, 7) is 6.57. The number of nitrogens with one attached hydrogen (secondary N) is 1. The fourth-order valence-corrected chi connectivity index (χ4v) is 5.57. The first kappa shape index (κ1) is 24.1. The molecule has 1 saturated heterocycles. The molecule has 0 unspecified atom stereocenters. The predicted molar refractivity (Wildman–Crippen MR) is 153 cm³/mol. The summed E-state index contributed by atoms with van der Waals surface area (Å²) in [6, 6.07) is 25.7. The molecule has 2 atom stereocenters. The van der Waals surface area contributed by atoms with E-state index in [1.54, 1.807) is 0 Å². The second-order valence-corrected chi connectivity index (χ2v) is 9.98. The Morgan fingerprint density at radius 1 is 0.944 bits per heavy atom. The van der Waals surface area contributed by atoms with Gasteiger partial charge in [0.2, 0.25) is 0 Å². The SMILES string of the molecule is CCc1ccc(-n2c(C)cc([C@H]3[C@@H](c4ccccn4)NC(=S)N3c3ccc(N(C)C)cc3)c2C)cc1. The standard InChI is InChI=1S/C30H33N5S/c1-6-22-10-12-24(13-11-22)34-20(2)19-26(21(34)3)29-28(27-9-7-8-18-31-27)32-30(36)35(29)25-16-14-23(15-17-25)33(4)5/h7-19,28-29H,6H2,1-5H3,(H,32,36)/t28-,29+/m1/s1. The normalized spacial score (nSPS) is 17.4. The van der Waals surface area contributed by atoms with Gasteiger partial charge in [-0.1, -0.05) is 25.1 Å². The van der Waals surface area contributed by atoms with Gasteiger partial charge in [0.1, 0.15) is 0 Å². The second-order valence-electron chi connectivity index (χ2n) is 9.59. The number of hydrogen-bond acceptors (Lipinski definition) is 3. The van der Waals surface area contributed by atoms with E-state index in [1.807, 2.05) is 18.3 Å². The van der Waals surface area contributed by atoms with Crippen molar-refractivity contribution in [3.05, 3.63) is 107 Å². The molecule has 2 aromatic heterocycles. The highest BCUT2D eigenvalue weighted by Crippen LogP contribution is 2.44. The van der Waals surface area contributed by atoms with Crippen LogP contribution in [0.25, 0.3) is 5.69 Å². The van der Waals surface area contributed by atoms with E-state index < -0.39 is 0 Å². The van der Waals surface area contributed by atoms with Gasteiger partial charge in [-0.15, -0.1) is 0 Å². The van der Waals surface area contributed by atoms with E-state index in [0.717, 1.165) is 23.5 Å². The van der Waals surface area contributed by atoms with E-state index in [-0.39, 0.29) is 12.1 Å². The van der Waals surface area contributed by atoms with Gasteiger partial charge in [-0.2, -0.15) is 0 Å². The van der Waals surface area contributed by atoms with E-state index >= 15 is 0 Å². The zero-order valence-corrected chi connectivity index (χ0v) is 22.4. The smallest absolute Gasteiger partial charge is 0.174 e. The molecule has 4 aromatic rings. The van der Waals surface area contributed by atoms with E-state index in [1.165, 1.54) is 28.2 Å². The van der Waals surface area contributed by atoms with Crippen LogP contribution in [0.1, 0.15) is 47.2 Å². The number of rotatable bonds is 6. The Hall–Kier alpha value is -3.64. The number of aromatic nitrogens is 2. The van der Waals surface area contributed by atoms with Crippen LogP contribution in [0.5, 0.6) is 0 Å². The van der Waals surface area contributed by atoms with Gasteiger partial charge in [0, 0.05) is 48.7 Å². The molecule has 5 rings (SSSR count). The third-order valence-electron chi connectivity index (χ3n) is 7.13. The van der Waals surface area contributed by atoms with E-state index in [2.05, 4.69) is 115 Å². The van der Waals surface area contributed by atoms with Gasteiger partial charge in [0.25, 0.3) is 0 Å². The number of anilines is 2. The highest BCUT2D eigenvalue weighted by Gasteiger charge is 2.42. The monoisotopic (exact) mass is 495 g/mol. The maximum Gasteiger partial charge on any atom is 0.174 e. The Morgan fingerprint density at radius 3 is 2.25 bits per heavy atom. The van der Waals surface area contributed by atoms with Crippen LogP contribution < -0.4 is 15.1 Å². The van der Waals surface area contributed by atoms with Crippen molar-refractivity contribution in [2.75, 3.05) is 23.9 Å². The van der Waals surface area contributed by atoms with Gasteiger partial charge in [-0.05, 0) is 98.2 Å². The average Bonchev–Trinajstić information content (AvgIpc) is 3.39. The molecule has 1 N–H and O–H groups in total. The van der Waals surface area contributed by atoms with Gasteiger partial charge in [-0.25, -0.2) is 0 Å². The fourth-order valence-electron chi connectivity index (χ4n) is 5.23. The predicted octanol–water partition coefficient (Wildman–Crippen LogP) is 6.29. The maximum atomic E-state index is 5.93. The summed E-state index contributed by atoms with van der Waals surface area (Å²) < 4.78 is 2.35. The number of pyridine rings is 1. The Balaban J connectivity index is 1.63. The van der Waals surface area contributed by atoms with Crippen LogP contribution in [0, 0.1) is 13.8 Å². The zero-order chi connectivity index (χ0) is 25.4. The molecule has 2 aromatic carbocycles. The van der Waals surface area contributed by atoms with Crippen molar-refractivity contribution in [3.63, 3.8) is 0 Å². The van der Waals surface area contributed by atoms with Crippen molar-refractivity contribution in [3.8, 4) is 5.69 Å². The molecule has 184 valence electrons. The summed E-state index contributed by atoms with van der Waals surface area (Å²) in [4.78, 5) is 9.07. The zero-order valence-electron chi connectivity index (χ0n) is 21.6. The summed E-state index contributed by atoms with van der Waals surface area (Å²) in [7, 11) is 4.11. The second kappa shape index (κ2) is 9.78. The lowest BCUT2D eigenvalue weighted by molar-refractivity contribution is 0.565. The van der Waals surface area contributed by atoms with Gasteiger partial charge in [-0.3, -0.25) is 4.98 Å². The van der Waals surface area contributed by atoms with Gasteiger partial charge in [0.15, 0.2) is 5.11 Å². The Kier molecular flexibility index (Phi) is 6.54. The Bertz CT molecular complexity index is 1360. The average molecular weight is 496 g/mol. The number of hydrogen-bond donors (Lipinski definition) is 1. The molecule has 5 nitrogen and oxygen atoms in total. The molecule has 3 heterocycles. The maximum absolute atomic E-state index is 5.93. The van der Waals surface area contributed by atoms with E-state index in [0.29, 0.717) is 5.11 Å². The molecule has 6 heteroatoms. The highest BCUT2D eigenvalue weighted by molar-refractivity contribution is 7.80. The molecule has 1 aliphatic rings. The van der Waals surface area contributed by atoms with Crippen LogP contribution in [0.2, 0.25) is 0 Å². The van der Waals surface area contributed by atoms with Crippen molar-refractivity contribution in [2.24, 2.45) is 0 Å². The minimum Gasteiger partial charge on any atom is -0.378 e. The highest BCUT2D eigenvalue weighted by atomic mass is 32.1. The van der Waals surface area contributed by atoms with Crippen molar-refractivity contribution in [1.82, 2.24) is 14.9 Å². The van der Waals surface area contributed by atoms with Gasteiger partial charge in [0.05, 0.1) is 17.8 Å². The van der Waals surface area contributed by atoms with Gasteiger partial charge >= 0.3 is 0 Å². The number of nitrogens with zero attached hydrogens (tertiary/aromatic N) is 4. The molecule has 1 fully saturated rings. The van der Waals surface area contributed by atoms with Crippen molar-refractivity contribution in [2.45, 2.75) is 39.3 Å². The largest absolute Gasteiger partial charge is 0.378 e. The number of aryl methyl sites for hydroxylation is 2. The molecule has 0 saturated carbocycles. The van der Waals surface area contributed by atoms with Crippen LogP contribution in [0.3, 0.4) is 0 Å². The number of benzene rings is 2. The van der Waals surface area contributed by atoms with Crippen LogP contribution in [0.4, 0.5) is 11.4 Å². The molecular weight excluding hydrogens is 462 g/mol. The topological polar surface area (TPSA) is 36.3 Å². The third kappa shape index (κ3) is 4.26. The fraction of sp³-hybridized carbons (Fsp3) is 0.267. The lowest BCUT2D eigenvalue weighted by Gasteiger charge is -2.28. The van der Waals surface area contributed by atoms with Crippen LogP contribution >= 0.6 is 12.2 Å². The van der Waals surface area contributed by atoms with Crippen LogP contribution in [-0.4, -0.2) is 28.8 Å². The molecule has 0 bridgehead atoms. The summed E-state index contributed by atoms with van der Waals surface area (Å²) >= 11 is 5.93. The minimum absolute atomic E-state index is 0.0347. The first-order valence-electron chi connectivity index (χ1n) is 12.4. The molecule has 0 radical (unpaired) electrons. The third-order valence-corrected chi connectivity index (χ3v) is 7.45. The molecular formula is C30H33N5S. The minimum atomic E-state index is -0.0661. The quantitative estimate of drug-likeness (QED) is 0.318. The Labute approximate surface area is 219 Å². The summed E-state index contributed by atoms with van der Waals surface area (Å²) in [6.07, 6.45) is 2.89. The Morgan fingerprint density at radius 2 is 1.64 bits per heavy atom. The first-order valence-corrected chi connectivity index (χ1v) is 12.9. The first-order chi connectivity index (χ1) is 17.4. The molecule has 1 aliphatic heterocycles. The van der Waals surface area contributed by atoms with Crippen molar-refractivity contribution in [1.29, 1.82) is 0 Å². The van der Waals surface area contributed by atoms with E-state index in [4.69, 9.17) is 17.2 Å². The summed E-state index contributed by atoms with van der Waals surface area (Å²) in [5, 5.41) is 4.30. The number of thiocarbonyl (C=S) groups is 1. The summed E-state index contributed by atoms with van der Waals surface area (Å²) in [5.74, 6) is 0. The molecule has 36 heavy (non-hydrogen) atoms.